The van der Waals surface area contributed by atoms with Gasteiger partial charge >= 0.3 is 0 Å². The highest BCUT2D eigenvalue weighted by molar-refractivity contribution is 5.97. The zero-order chi connectivity index (χ0) is 16.9. The normalized spacial score (nSPS) is 33.6. The molecule has 23 heavy (non-hydrogen) atoms. The molecule has 1 aromatic rings. The molecule has 2 fully saturated rings. The van der Waals surface area contributed by atoms with E-state index in [1.54, 1.807) is 25.1 Å². The Labute approximate surface area is 135 Å². The molecule has 0 radical (unpaired) electrons. The third-order valence-corrected chi connectivity index (χ3v) is 5.17. The van der Waals surface area contributed by atoms with Gasteiger partial charge in [-0.25, -0.2) is 0 Å². The maximum Gasteiger partial charge on any atom is 0.246 e. The zero-order valence-corrected chi connectivity index (χ0v) is 13.8. The molecule has 0 aliphatic carbocycles. The molecule has 4 atom stereocenters. The average Bonchev–Trinajstić information content (AvgIpc) is 2.86. The summed E-state index contributed by atoms with van der Waals surface area (Å²) in [6.07, 6.45) is 2.06. The lowest BCUT2D eigenvalue weighted by Gasteiger charge is -2.41. The highest BCUT2D eigenvalue weighted by atomic mass is 16.2. The van der Waals surface area contributed by atoms with Gasteiger partial charge in [0.25, 0.3) is 0 Å². The van der Waals surface area contributed by atoms with E-state index in [1.807, 2.05) is 26.0 Å². The van der Waals surface area contributed by atoms with Crippen molar-refractivity contribution in [3.05, 3.63) is 29.6 Å². The van der Waals surface area contributed by atoms with Gasteiger partial charge in [-0.2, -0.15) is 5.26 Å². The average molecular weight is 312 g/mol. The SMILES string of the molecule is Cc1ccc(C2N3C(=O)[C@@H](C)N(C)C(=O)[C@@H]3C[C@]2(C)C#N)cn1. The van der Waals surface area contributed by atoms with Crippen molar-refractivity contribution in [1.82, 2.24) is 14.8 Å². The van der Waals surface area contributed by atoms with Crippen LogP contribution in [0.25, 0.3) is 0 Å². The molecule has 3 heterocycles. The summed E-state index contributed by atoms with van der Waals surface area (Å²) in [6.45, 7) is 5.43. The number of amides is 2. The first-order valence-electron chi connectivity index (χ1n) is 7.73. The van der Waals surface area contributed by atoms with Crippen molar-refractivity contribution in [2.75, 3.05) is 7.05 Å². The van der Waals surface area contributed by atoms with Crippen molar-refractivity contribution in [3.63, 3.8) is 0 Å². The third-order valence-electron chi connectivity index (χ3n) is 5.17. The largest absolute Gasteiger partial charge is 0.332 e. The van der Waals surface area contributed by atoms with Crippen LogP contribution in [0.4, 0.5) is 0 Å². The van der Waals surface area contributed by atoms with E-state index >= 15 is 0 Å². The van der Waals surface area contributed by atoms with Gasteiger partial charge in [0, 0.05) is 18.9 Å². The number of carbonyl (C=O) groups excluding carboxylic acids is 2. The summed E-state index contributed by atoms with van der Waals surface area (Å²) >= 11 is 0. The van der Waals surface area contributed by atoms with Gasteiger partial charge in [-0.15, -0.1) is 0 Å². The third kappa shape index (κ3) is 2.11. The van der Waals surface area contributed by atoms with Gasteiger partial charge in [0.05, 0.1) is 17.5 Å². The molecule has 1 aromatic heterocycles. The topological polar surface area (TPSA) is 77.3 Å². The Kier molecular flexibility index (Phi) is 3.40. The molecule has 2 aliphatic heterocycles. The first-order chi connectivity index (χ1) is 10.8. The van der Waals surface area contributed by atoms with Crippen LogP contribution < -0.4 is 0 Å². The van der Waals surface area contributed by atoms with Gasteiger partial charge in [-0.1, -0.05) is 6.07 Å². The summed E-state index contributed by atoms with van der Waals surface area (Å²) in [5.41, 5.74) is 0.869. The lowest BCUT2D eigenvalue weighted by molar-refractivity contribution is -0.159. The van der Waals surface area contributed by atoms with Crippen LogP contribution in [0.3, 0.4) is 0 Å². The number of nitrogens with zero attached hydrogens (tertiary/aromatic N) is 4. The van der Waals surface area contributed by atoms with Crippen molar-refractivity contribution < 1.29 is 9.59 Å². The molecule has 6 heteroatoms. The second-order valence-corrected chi connectivity index (χ2v) is 6.76. The number of hydrogen-bond donors (Lipinski definition) is 0. The second-order valence-electron chi connectivity index (χ2n) is 6.76. The Balaban J connectivity index is 2.12. The number of rotatable bonds is 1. The van der Waals surface area contributed by atoms with Crippen LogP contribution in [-0.2, 0) is 9.59 Å². The summed E-state index contributed by atoms with van der Waals surface area (Å²) in [6, 6.07) is 4.57. The fourth-order valence-electron chi connectivity index (χ4n) is 3.67. The van der Waals surface area contributed by atoms with Crippen LogP contribution in [0.5, 0.6) is 0 Å². The quantitative estimate of drug-likeness (QED) is 0.786. The fraction of sp³-hybridized carbons (Fsp3) is 0.529. The minimum Gasteiger partial charge on any atom is -0.332 e. The van der Waals surface area contributed by atoms with Crippen LogP contribution in [-0.4, -0.2) is 45.7 Å². The van der Waals surface area contributed by atoms with E-state index < -0.39 is 23.5 Å². The number of fused-ring (bicyclic) bond motifs is 1. The van der Waals surface area contributed by atoms with Crippen LogP contribution in [0.1, 0.15) is 37.6 Å². The summed E-state index contributed by atoms with van der Waals surface area (Å²) in [7, 11) is 1.65. The maximum atomic E-state index is 12.8. The van der Waals surface area contributed by atoms with E-state index in [2.05, 4.69) is 11.1 Å². The molecule has 0 spiro atoms. The lowest BCUT2D eigenvalue weighted by Crippen LogP contribution is -2.60. The first-order valence-corrected chi connectivity index (χ1v) is 7.73. The Morgan fingerprint density at radius 3 is 2.61 bits per heavy atom. The number of piperazine rings is 1. The Morgan fingerprint density at radius 2 is 2.04 bits per heavy atom. The summed E-state index contributed by atoms with van der Waals surface area (Å²) < 4.78 is 0. The molecule has 6 nitrogen and oxygen atoms in total. The minimum absolute atomic E-state index is 0.0962. The Morgan fingerprint density at radius 1 is 1.35 bits per heavy atom. The van der Waals surface area contributed by atoms with Crippen molar-refractivity contribution in [3.8, 4) is 6.07 Å². The number of pyridine rings is 1. The van der Waals surface area contributed by atoms with Crippen LogP contribution >= 0.6 is 0 Å². The number of aryl methyl sites for hydroxylation is 1. The minimum atomic E-state index is -0.808. The highest BCUT2D eigenvalue weighted by Crippen LogP contribution is 2.51. The molecule has 2 amide bonds. The predicted molar refractivity (Wildman–Crippen MR) is 82.9 cm³/mol. The molecule has 120 valence electrons. The molecular formula is C17H20N4O2. The molecule has 0 saturated carbocycles. The van der Waals surface area contributed by atoms with Crippen molar-refractivity contribution in [2.24, 2.45) is 5.41 Å². The number of carbonyl (C=O) groups is 2. The Hall–Kier alpha value is -2.42. The van der Waals surface area contributed by atoms with E-state index in [0.29, 0.717) is 6.42 Å². The summed E-state index contributed by atoms with van der Waals surface area (Å²) in [4.78, 5) is 32.8. The van der Waals surface area contributed by atoms with E-state index in [4.69, 9.17) is 0 Å². The monoisotopic (exact) mass is 312 g/mol. The van der Waals surface area contributed by atoms with Gasteiger partial charge in [0.1, 0.15) is 12.1 Å². The number of nitriles is 1. The van der Waals surface area contributed by atoms with E-state index in [1.165, 1.54) is 4.90 Å². The molecule has 2 saturated heterocycles. The second kappa shape index (κ2) is 5.05. The molecular weight excluding hydrogens is 292 g/mol. The van der Waals surface area contributed by atoms with Gasteiger partial charge in [-0.3, -0.25) is 14.6 Å². The molecule has 0 bridgehead atoms. The van der Waals surface area contributed by atoms with Crippen LogP contribution in [0.15, 0.2) is 18.3 Å². The van der Waals surface area contributed by atoms with Crippen LogP contribution in [0, 0.1) is 23.7 Å². The summed E-state index contributed by atoms with van der Waals surface area (Å²) in [5.74, 6) is -0.206. The van der Waals surface area contributed by atoms with E-state index in [-0.39, 0.29) is 11.8 Å². The van der Waals surface area contributed by atoms with E-state index in [0.717, 1.165) is 11.3 Å². The molecule has 0 aromatic carbocycles. The van der Waals surface area contributed by atoms with Crippen molar-refractivity contribution >= 4 is 11.8 Å². The van der Waals surface area contributed by atoms with Gasteiger partial charge in [0.2, 0.25) is 11.8 Å². The summed E-state index contributed by atoms with van der Waals surface area (Å²) in [5, 5.41) is 9.73. The first kappa shape index (κ1) is 15.5. The molecule has 0 N–H and O–H groups in total. The number of aromatic nitrogens is 1. The number of likely N-dealkylation sites (N-methyl/N-ethyl adjacent to an activating group) is 1. The van der Waals surface area contributed by atoms with Crippen LogP contribution in [0.2, 0.25) is 0 Å². The molecule has 3 rings (SSSR count). The molecule has 2 aliphatic rings. The van der Waals surface area contributed by atoms with Crippen molar-refractivity contribution in [2.45, 2.75) is 45.3 Å². The molecule has 1 unspecified atom stereocenters. The smallest absolute Gasteiger partial charge is 0.246 e. The van der Waals surface area contributed by atoms with E-state index in [9.17, 15) is 14.9 Å². The standard InChI is InChI=1S/C17H20N4O2/c1-10-5-6-12(8-19-10)14-17(3,9-18)7-13-16(23)20(4)11(2)15(22)21(13)14/h5-6,8,11,13-14H,7H2,1-4H3/t11-,13+,14?,17-/m1/s1. The zero-order valence-electron chi connectivity index (χ0n) is 13.8. The fourth-order valence-corrected chi connectivity index (χ4v) is 3.67. The lowest BCUT2D eigenvalue weighted by atomic mass is 9.80. The predicted octanol–water partition coefficient (Wildman–Crippen LogP) is 1.42. The number of hydrogen-bond acceptors (Lipinski definition) is 4. The van der Waals surface area contributed by atoms with Gasteiger partial charge < -0.3 is 9.80 Å². The maximum absolute atomic E-state index is 12.8. The van der Waals surface area contributed by atoms with Gasteiger partial charge in [-0.05, 0) is 38.8 Å². The van der Waals surface area contributed by atoms with Gasteiger partial charge in [0.15, 0.2) is 0 Å². The Bertz CT molecular complexity index is 708. The van der Waals surface area contributed by atoms with Crippen molar-refractivity contribution in [1.29, 1.82) is 5.26 Å². The highest BCUT2D eigenvalue weighted by Gasteiger charge is 2.58.